The summed E-state index contributed by atoms with van der Waals surface area (Å²) in [6.07, 6.45) is 3.71. The average molecular weight is 502 g/mol. The second-order valence-corrected chi connectivity index (χ2v) is 9.80. The number of aromatic nitrogens is 1. The molecule has 0 aliphatic carbocycles. The van der Waals surface area contributed by atoms with E-state index >= 15 is 0 Å². The third kappa shape index (κ3) is 4.23. The maximum Gasteiger partial charge on any atom is 0.294 e. The van der Waals surface area contributed by atoms with Gasteiger partial charge in [0.1, 0.15) is 6.54 Å². The summed E-state index contributed by atoms with van der Waals surface area (Å²) in [6, 6.07) is 8.17. The van der Waals surface area contributed by atoms with Crippen molar-refractivity contribution in [3.05, 3.63) is 56.2 Å². The van der Waals surface area contributed by atoms with E-state index in [0.717, 1.165) is 62.2 Å². The molecule has 0 bridgehead atoms. The van der Waals surface area contributed by atoms with Gasteiger partial charge in [-0.25, -0.2) is 0 Å². The molecule has 3 heterocycles. The van der Waals surface area contributed by atoms with Crippen LogP contribution in [0.2, 0.25) is 0 Å². The standard InChI is InChI=1S/C23H24BrN3O3S/c1-14-10-18(6-7-19(14)24)27-15(2)11-17(16(27)3)12-20-22(29)26(23(30)31-20)13-21(28)25-8-4-5-9-25/h6-7,10-12H,4-5,8-9,13H2,1-3H3/b20-12-. The van der Waals surface area contributed by atoms with Crippen molar-refractivity contribution in [1.29, 1.82) is 0 Å². The first kappa shape index (κ1) is 21.9. The van der Waals surface area contributed by atoms with Crippen LogP contribution in [0.5, 0.6) is 0 Å². The Kier molecular flexibility index (Phi) is 6.12. The van der Waals surface area contributed by atoms with Crippen LogP contribution in [0.1, 0.15) is 35.4 Å². The van der Waals surface area contributed by atoms with Gasteiger partial charge in [-0.3, -0.25) is 19.3 Å². The van der Waals surface area contributed by atoms with E-state index in [1.807, 2.05) is 39.0 Å². The maximum absolute atomic E-state index is 12.9. The van der Waals surface area contributed by atoms with E-state index in [4.69, 9.17) is 0 Å². The zero-order valence-corrected chi connectivity index (χ0v) is 20.2. The van der Waals surface area contributed by atoms with E-state index in [1.54, 1.807) is 11.0 Å². The van der Waals surface area contributed by atoms with Crippen LogP contribution in [0.25, 0.3) is 11.8 Å². The van der Waals surface area contributed by atoms with Crippen molar-refractivity contribution in [2.24, 2.45) is 0 Å². The smallest absolute Gasteiger partial charge is 0.294 e. The molecule has 1 aromatic carbocycles. The molecule has 2 aliphatic heterocycles. The predicted octanol–water partition coefficient (Wildman–Crippen LogP) is 4.82. The van der Waals surface area contributed by atoms with Crippen molar-refractivity contribution in [3.63, 3.8) is 0 Å². The number of thioether (sulfide) groups is 1. The molecule has 0 N–H and O–H groups in total. The maximum atomic E-state index is 12.9. The van der Waals surface area contributed by atoms with Gasteiger partial charge in [0.15, 0.2) is 0 Å². The minimum absolute atomic E-state index is 0.162. The third-order valence-electron chi connectivity index (χ3n) is 5.78. The molecule has 0 saturated carbocycles. The Bertz CT molecular complexity index is 1120. The second kappa shape index (κ2) is 8.67. The molecule has 0 radical (unpaired) electrons. The highest BCUT2D eigenvalue weighted by Gasteiger charge is 2.37. The lowest BCUT2D eigenvalue weighted by Crippen LogP contribution is -2.40. The number of carbonyl (C=O) groups is 3. The molecule has 2 fully saturated rings. The summed E-state index contributed by atoms with van der Waals surface area (Å²) in [6.45, 7) is 7.28. The van der Waals surface area contributed by atoms with E-state index in [0.29, 0.717) is 18.0 Å². The van der Waals surface area contributed by atoms with Crippen LogP contribution >= 0.6 is 27.7 Å². The van der Waals surface area contributed by atoms with Crippen LogP contribution in [0, 0.1) is 20.8 Å². The van der Waals surface area contributed by atoms with E-state index < -0.39 is 5.91 Å². The Balaban J connectivity index is 1.59. The highest BCUT2D eigenvalue weighted by atomic mass is 79.9. The largest absolute Gasteiger partial charge is 0.341 e. The summed E-state index contributed by atoms with van der Waals surface area (Å²) in [5, 5.41) is -0.388. The van der Waals surface area contributed by atoms with Crippen LogP contribution in [0.4, 0.5) is 4.79 Å². The molecule has 2 saturated heterocycles. The highest BCUT2D eigenvalue weighted by molar-refractivity contribution is 9.10. The Hall–Kier alpha value is -2.32. The van der Waals surface area contributed by atoms with Gasteiger partial charge in [0.2, 0.25) is 5.91 Å². The lowest BCUT2D eigenvalue weighted by atomic mass is 10.2. The summed E-state index contributed by atoms with van der Waals surface area (Å²) in [5.74, 6) is -0.559. The van der Waals surface area contributed by atoms with Gasteiger partial charge in [-0.15, -0.1) is 0 Å². The van der Waals surface area contributed by atoms with Gasteiger partial charge in [-0.2, -0.15) is 0 Å². The van der Waals surface area contributed by atoms with E-state index in [1.165, 1.54) is 0 Å². The summed E-state index contributed by atoms with van der Waals surface area (Å²) >= 11 is 4.43. The van der Waals surface area contributed by atoms with Gasteiger partial charge in [0.05, 0.1) is 4.91 Å². The summed E-state index contributed by atoms with van der Waals surface area (Å²) in [4.78, 5) is 40.8. The normalized spacial score (nSPS) is 18.0. The Morgan fingerprint density at radius 2 is 1.84 bits per heavy atom. The molecular weight excluding hydrogens is 478 g/mol. The number of aryl methyl sites for hydroxylation is 2. The summed E-state index contributed by atoms with van der Waals surface area (Å²) in [5.41, 5.74) is 5.08. The molecule has 162 valence electrons. The van der Waals surface area contributed by atoms with Gasteiger partial charge in [0, 0.05) is 34.6 Å². The van der Waals surface area contributed by atoms with Gasteiger partial charge in [0.25, 0.3) is 11.1 Å². The highest BCUT2D eigenvalue weighted by Crippen LogP contribution is 2.34. The van der Waals surface area contributed by atoms with E-state index in [9.17, 15) is 14.4 Å². The number of carbonyl (C=O) groups excluding carboxylic acids is 3. The molecule has 8 heteroatoms. The summed E-state index contributed by atoms with van der Waals surface area (Å²) < 4.78 is 3.18. The molecule has 4 rings (SSSR count). The SMILES string of the molecule is Cc1cc(-n2c(C)cc(/C=C3\SC(=O)N(CC(=O)N4CCCC4)C3=O)c2C)ccc1Br. The number of halogens is 1. The van der Waals surface area contributed by atoms with Crippen molar-refractivity contribution in [3.8, 4) is 5.69 Å². The van der Waals surface area contributed by atoms with Crippen LogP contribution in [-0.2, 0) is 9.59 Å². The number of benzene rings is 1. The number of hydrogen-bond donors (Lipinski definition) is 0. The lowest BCUT2D eigenvalue weighted by Gasteiger charge is -2.18. The second-order valence-electron chi connectivity index (χ2n) is 7.95. The number of imide groups is 1. The topological polar surface area (TPSA) is 62.6 Å². The molecule has 6 nitrogen and oxygen atoms in total. The summed E-state index contributed by atoms with van der Waals surface area (Å²) in [7, 11) is 0. The molecule has 2 aliphatic rings. The van der Waals surface area contributed by atoms with Gasteiger partial charge in [-0.05, 0) is 86.8 Å². The number of likely N-dealkylation sites (tertiary alicyclic amines) is 1. The number of amides is 3. The number of hydrogen-bond acceptors (Lipinski definition) is 4. The molecular formula is C23H24BrN3O3S. The lowest BCUT2D eigenvalue weighted by molar-refractivity contribution is -0.135. The fourth-order valence-electron chi connectivity index (χ4n) is 4.08. The average Bonchev–Trinajstić information content (AvgIpc) is 3.41. The zero-order valence-electron chi connectivity index (χ0n) is 17.8. The quantitative estimate of drug-likeness (QED) is 0.563. The van der Waals surface area contributed by atoms with E-state index in [2.05, 4.69) is 26.6 Å². The van der Waals surface area contributed by atoms with Crippen molar-refractivity contribution < 1.29 is 14.4 Å². The minimum atomic E-state index is -0.396. The van der Waals surface area contributed by atoms with Gasteiger partial charge >= 0.3 is 0 Å². The van der Waals surface area contributed by atoms with Crippen LogP contribution in [0.3, 0.4) is 0 Å². The van der Waals surface area contributed by atoms with Gasteiger partial charge in [-0.1, -0.05) is 15.9 Å². The first-order valence-electron chi connectivity index (χ1n) is 10.2. The molecule has 0 atom stereocenters. The number of nitrogens with zero attached hydrogens (tertiary/aromatic N) is 3. The Morgan fingerprint density at radius 3 is 2.52 bits per heavy atom. The molecule has 1 aromatic heterocycles. The fourth-order valence-corrected chi connectivity index (χ4v) is 5.15. The molecule has 31 heavy (non-hydrogen) atoms. The minimum Gasteiger partial charge on any atom is -0.341 e. The molecule has 0 unspecified atom stereocenters. The molecule has 0 spiro atoms. The first-order valence-corrected chi connectivity index (χ1v) is 11.9. The van der Waals surface area contributed by atoms with Crippen molar-refractivity contribution >= 4 is 50.8 Å². The fraction of sp³-hybridized carbons (Fsp3) is 0.348. The monoisotopic (exact) mass is 501 g/mol. The van der Waals surface area contributed by atoms with Crippen LogP contribution in [-0.4, -0.2) is 51.1 Å². The zero-order chi connectivity index (χ0) is 22.3. The third-order valence-corrected chi connectivity index (χ3v) is 7.58. The van der Waals surface area contributed by atoms with Crippen molar-refractivity contribution in [2.75, 3.05) is 19.6 Å². The van der Waals surface area contributed by atoms with Crippen LogP contribution in [0.15, 0.2) is 33.6 Å². The Labute approximate surface area is 194 Å². The van der Waals surface area contributed by atoms with Gasteiger partial charge < -0.3 is 9.47 Å². The molecule has 3 amide bonds. The number of rotatable bonds is 4. The van der Waals surface area contributed by atoms with Crippen molar-refractivity contribution in [1.82, 2.24) is 14.4 Å². The molecule has 2 aromatic rings. The first-order chi connectivity index (χ1) is 14.8. The van der Waals surface area contributed by atoms with E-state index in [-0.39, 0.29) is 17.7 Å². The van der Waals surface area contributed by atoms with Crippen molar-refractivity contribution in [2.45, 2.75) is 33.6 Å². The predicted molar refractivity (Wildman–Crippen MR) is 126 cm³/mol. The van der Waals surface area contributed by atoms with Crippen LogP contribution < -0.4 is 0 Å². The Morgan fingerprint density at radius 1 is 1.13 bits per heavy atom.